The Hall–Kier alpha value is -11.7. The zero-order valence-corrected chi connectivity index (χ0v) is 78.8. The summed E-state index contributed by atoms with van der Waals surface area (Å²) < 4.78 is 48.9. The van der Waals surface area contributed by atoms with Crippen molar-refractivity contribution in [2.75, 3.05) is 65.7 Å². The fourth-order valence-corrected chi connectivity index (χ4v) is 14.6. The zero-order chi connectivity index (χ0) is 105. The first kappa shape index (κ1) is 119. The van der Waals surface area contributed by atoms with E-state index in [-0.39, 0.29) is 25.8 Å². The average Bonchev–Trinajstić information content (AvgIpc) is 0.809. The van der Waals surface area contributed by atoms with Crippen molar-refractivity contribution in [2.24, 2.45) is 17.6 Å². The van der Waals surface area contributed by atoms with Crippen LogP contribution < -0.4 is 101 Å². The molecule has 140 heavy (non-hydrogen) atoms. The Bertz CT molecular complexity index is 4220. The van der Waals surface area contributed by atoms with Crippen LogP contribution in [-0.2, 0) is 110 Å². The summed E-state index contributed by atoms with van der Waals surface area (Å²) in [6, 6.07) is -22.3. The number of carbonyl (C=O) groups is 19. The third-order valence-electron chi connectivity index (χ3n) is 21.9. The Morgan fingerprint density at radius 2 is 0.686 bits per heavy atom. The number of aliphatic hydroxyl groups is 12. The van der Waals surface area contributed by atoms with E-state index in [4.69, 9.17) is 48.4 Å². The maximum atomic E-state index is 15.5. The molecule has 0 spiro atoms. The Morgan fingerprint density at radius 3 is 0.979 bits per heavy atom. The second kappa shape index (κ2) is 57.3. The second-order valence-electron chi connectivity index (χ2n) is 35.1. The number of amides is 19. The summed E-state index contributed by atoms with van der Waals surface area (Å²) in [7, 11) is 0. The van der Waals surface area contributed by atoms with E-state index in [9.17, 15) is 128 Å². The summed E-state index contributed by atoms with van der Waals surface area (Å²) in [4.78, 5) is 264. The molecule has 32 N–H and O–H groups in total. The normalized spacial score (nSPS) is 31.3. The largest absolute Gasteiger partial charge is 0.444 e. The maximum Gasteiger partial charge on any atom is 0.409 e. The van der Waals surface area contributed by atoms with Gasteiger partial charge in [0, 0.05) is 79.8 Å². The molecule has 5 aliphatic heterocycles. The Labute approximate surface area is 801 Å². The molecule has 0 aromatic carbocycles. The van der Waals surface area contributed by atoms with Crippen molar-refractivity contribution < 1.29 is 195 Å². The number of hydrogen-bond acceptors (Lipinski definition) is 40. The van der Waals surface area contributed by atoms with Gasteiger partial charge in [-0.2, -0.15) is 0 Å². The quantitative estimate of drug-likeness (QED) is 0.0287. The van der Waals surface area contributed by atoms with E-state index < -0.39 is 406 Å². The average molecular weight is 2020 g/mol. The number of aliphatic hydroxyl groups excluding tert-OH is 12. The molecule has 5 rings (SSSR count). The Kier molecular flexibility index (Phi) is 48.6. The first-order valence-corrected chi connectivity index (χ1v) is 45.0. The summed E-state index contributed by atoms with van der Waals surface area (Å²) in [6.07, 6.45) is -41.9. The number of ether oxygens (including phenoxy) is 9. The van der Waals surface area contributed by atoms with Crippen molar-refractivity contribution in [3.8, 4) is 0 Å². The third-order valence-corrected chi connectivity index (χ3v) is 21.9. The van der Waals surface area contributed by atoms with Crippen LogP contribution in [0.2, 0.25) is 0 Å². The predicted octanol–water partition coefficient (Wildman–Crippen LogP) is -14.1. The minimum atomic E-state index is -2.15. The highest BCUT2D eigenvalue weighted by Gasteiger charge is 2.52. The van der Waals surface area contributed by atoms with Crippen molar-refractivity contribution in [3.05, 3.63) is 0 Å². The van der Waals surface area contributed by atoms with Crippen LogP contribution in [-0.4, -0.2) is 417 Å². The summed E-state index contributed by atoms with van der Waals surface area (Å²) >= 11 is 0. The van der Waals surface area contributed by atoms with Gasteiger partial charge in [-0.25, -0.2) is 24.0 Å². The van der Waals surface area contributed by atoms with Crippen LogP contribution in [0.25, 0.3) is 0 Å². The molecule has 0 aliphatic carbocycles. The lowest BCUT2D eigenvalue weighted by molar-refractivity contribution is -0.252. The van der Waals surface area contributed by atoms with Gasteiger partial charge in [-0.3, -0.25) is 67.1 Å². The zero-order valence-electron chi connectivity index (χ0n) is 78.8. The lowest BCUT2D eigenvalue weighted by Crippen LogP contribution is -2.65. The van der Waals surface area contributed by atoms with Gasteiger partial charge in [0.2, 0.25) is 108 Å². The van der Waals surface area contributed by atoms with Crippen LogP contribution in [0.1, 0.15) is 140 Å². The number of rotatable bonds is 31. The highest BCUT2D eigenvalue weighted by molar-refractivity contribution is 5.99. The minimum Gasteiger partial charge on any atom is -0.444 e. The molecule has 0 radical (unpaired) electrons. The van der Waals surface area contributed by atoms with E-state index in [0.717, 1.165) is 27.7 Å². The predicted molar refractivity (Wildman–Crippen MR) is 467 cm³/mol. The van der Waals surface area contributed by atoms with Gasteiger partial charge in [0.25, 0.3) is 0 Å². The molecule has 0 aromatic heterocycles. The van der Waals surface area contributed by atoms with Gasteiger partial charge in [-0.05, 0) is 84.0 Å². The SMILES string of the molecule is CC(=O)N[C@H]1[C@@H](OC(=O)NCC[C@H]2NC(=O)[C@@H](NC(=O)OC(C)(C)C)CCCCNC(=O)CC[C@@H](C(=O)NCCC(N)=O)NC(=O)[C@@H](CCNC(=O)O[C@H]3O[C@H](CO)[C@@H](O)[C@H](O)[C@H]3NC(C)=O)NC(=O)[C@@H](C(C)C)NC(=O)[C@@H](CCNC(=O)O[C@H]3O[C@H](CO)[C@@H](O)[C@H](O)[C@H]3NC(C)=O)NC(=O)[C@@H](CCNC(=O)O[C@H]3O[C@H](CO)[C@@H](O)[C@H](O)[C@H]3NC(C)=O)NC(=O)[C@@H](C(C)C)NC2=O)O[C@H](CO)[C@@H](O)[C@@H]1O. The number of nitrogens with two attached hydrogens (primary N) is 1. The van der Waals surface area contributed by atoms with Crippen LogP contribution in [0.4, 0.5) is 24.0 Å². The van der Waals surface area contributed by atoms with Gasteiger partial charge < -0.3 is 205 Å². The molecular formula is C81H135N19O40. The van der Waals surface area contributed by atoms with Crippen LogP contribution >= 0.6 is 0 Å². The number of alkyl carbamates (subject to hydrolysis) is 5. The minimum absolute atomic E-state index is 0.0263. The van der Waals surface area contributed by atoms with E-state index in [1.165, 1.54) is 48.5 Å². The molecule has 59 heteroatoms. The maximum absolute atomic E-state index is 15.5. The van der Waals surface area contributed by atoms with Crippen molar-refractivity contribution in [1.82, 2.24) is 95.7 Å². The second-order valence-corrected chi connectivity index (χ2v) is 35.1. The summed E-state index contributed by atoms with van der Waals surface area (Å²) in [5, 5.41) is 169. The molecule has 0 unspecified atom stereocenters. The van der Waals surface area contributed by atoms with Gasteiger partial charge in [-0.1, -0.05) is 27.7 Å². The summed E-state index contributed by atoms with van der Waals surface area (Å²) in [5.74, 6) is -17.5. The van der Waals surface area contributed by atoms with Crippen LogP contribution in [0.5, 0.6) is 0 Å². The third kappa shape index (κ3) is 38.0. The topological polar surface area (TPSA) is 893 Å². The number of carbonyl (C=O) groups excluding carboxylic acids is 19. The highest BCUT2D eigenvalue weighted by Crippen LogP contribution is 2.28. The molecule has 794 valence electrons. The summed E-state index contributed by atoms with van der Waals surface area (Å²) in [6.45, 7) is 6.16. The molecular weight excluding hydrogens is 1880 g/mol. The van der Waals surface area contributed by atoms with Crippen LogP contribution in [0, 0.1) is 11.8 Å². The van der Waals surface area contributed by atoms with Crippen LogP contribution in [0.3, 0.4) is 0 Å². The number of primary amides is 1. The first-order valence-electron chi connectivity index (χ1n) is 45.0. The van der Waals surface area contributed by atoms with Gasteiger partial charge in [-0.15, -0.1) is 0 Å². The Morgan fingerprint density at radius 1 is 0.386 bits per heavy atom. The molecule has 59 nitrogen and oxygen atoms in total. The van der Waals surface area contributed by atoms with Gasteiger partial charge in [0.05, 0.1) is 26.4 Å². The standard InChI is InChI=1S/C81H135N19O40/c1-32(2)50-70(125)96-40(17-23-85-76(127)136-72-52(89-34(5)105)60(115)56(111)44(28-101)132-72)66(121)93-39(64(119)84-27-21-48(82)109)15-16-49(110)83-22-13-12-14-38(98-80(131)140-81(9,10)11)65(120)94-42(19-25-87-78(129)138-74-54(91-36(7)107)62(117)58(113)46(30-103)134-74)68(123)99-51(33(3)4)71(126)97-41(18-24-86-77(128)137-73-53(90-35(6)106)61(116)57(112)45(29-102)133-73)67(122)95-43(69(124)100-50)20-26-88-79(130)139-75-55(92-37(8)108)63(118)59(114)47(31-104)135-75/h32-33,38-47,50-63,72-75,101-104,111-118H,12-31H2,1-11H3,(H2,82,109)(H,83,110)(H,84,119)(H,85,127)(H,86,128)(H,87,129)(H,88,130)(H,89,105)(H,90,106)(H,91,107)(H,92,108)(H,93,121)(H,94,120)(H,95,122)(H,96,125)(H,97,126)(H,98,131)(H,99,123)(H,100,124)/t38-,39-,40+,41+,42+,43+,44+,45+,46+,47+,50+,51+,52+,53+,54+,55+,56+,57+,58+,59+,60+,61+,62+,63+,72+,73+,74+,75+/m0/s1. The fraction of sp³-hybridized carbons (Fsp3) is 0.765. The van der Waals surface area contributed by atoms with Gasteiger partial charge >= 0.3 is 30.5 Å². The molecule has 5 saturated heterocycles. The smallest absolute Gasteiger partial charge is 0.409 e. The van der Waals surface area contributed by atoms with E-state index in [1.54, 1.807) is 0 Å². The lowest BCUT2D eigenvalue weighted by atomic mass is 9.97. The molecule has 5 fully saturated rings. The van der Waals surface area contributed by atoms with Gasteiger partial charge in [0.1, 0.15) is 151 Å². The molecule has 5 aliphatic rings. The highest BCUT2D eigenvalue weighted by atomic mass is 16.7. The molecule has 0 saturated carbocycles. The molecule has 5 heterocycles. The van der Waals surface area contributed by atoms with Crippen molar-refractivity contribution >= 4 is 113 Å². The fourth-order valence-electron chi connectivity index (χ4n) is 14.6. The Balaban J connectivity index is 1.71. The van der Waals surface area contributed by atoms with Crippen molar-refractivity contribution in [3.63, 3.8) is 0 Å². The first-order chi connectivity index (χ1) is 65.7. The monoisotopic (exact) mass is 2010 g/mol. The van der Waals surface area contributed by atoms with Crippen LogP contribution in [0.15, 0.2) is 0 Å². The van der Waals surface area contributed by atoms with E-state index in [0.29, 0.717) is 0 Å². The van der Waals surface area contributed by atoms with E-state index in [2.05, 4.69) is 95.7 Å². The number of hydrogen-bond donors (Lipinski definition) is 31. The summed E-state index contributed by atoms with van der Waals surface area (Å²) in [5.41, 5.74) is 4.13. The van der Waals surface area contributed by atoms with Crippen molar-refractivity contribution in [1.29, 1.82) is 0 Å². The lowest BCUT2D eigenvalue weighted by Gasteiger charge is -2.41. The van der Waals surface area contributed by atoms with Crippen molar-refractivity contribution in [2.45, 2.75) is 317 Å². The van der Waals surface area contributed by atoms with E-state index >= 15 is 24.0 Å². The van der Waals surface area contributed by atoms with Gasteiger partial charge in [0.15, 0.2) is 0 Å². The van der Waals surface area contributed by atoms with E-state index in [1.807, 2.05) is 0 Å². The molecule has 28 atom stereocenters. The molecule has 0 aromatic rings. The molecule has 0 bridgehead atoms. The number of nitrogens with one attached hydrogen (secondary N) is 18. The molecule has 19 amide bonds.